The lowest BCUT2D eigenvalue weighted by Crippen LogP contribution is -2.11. The van der Waals surface area contributed by atoms with E-state index in [4.69, 9.17) is 16.2 Å². The van der Waals surface area contributed by atoms with Crippen molar-refractivity contribution in [3.63, 3.8) is 0 Å². The van der Waals surface area contributed by atoms with Crippen molar-refractivity contribution in [3.8, 4) is 11.5 Å². The standard InChI is InChI=1S/C34H26N6O9S2/c1-18-12-29(30(41)17-28(18)38-37-25-8-4-21-15-26(50-48-46-44)10-5-20(21)13-25)39-40-32-31(51-49-47-45)16-22-14-24(9-11-27(22)33(32)42)36-34(43)19-2-6-23(35)7-3-19/h2-17,41-42,44-45H,35H2,1H3,(H,36,43). The molecule has 6 aromatic carbocycles. The lowest BCUT2D eigenvalue weighted by atomic mass is 10.1. The average molecular weight is 727 g/mol. The number of aryl methyl sites for hydroxylation is 1. The van der Waals surface area contributed by atoms with Crippen molar-refractivity contribution in [1.29, 1.82) is 0 Å². The van der Waals surface area contributed by atoms with E-state index >= 15 is 0 Å². The Hall–Kier alpha value is -5.63. The smallest absolute Gasteiger partial charge is 0.255 e. The van der Waals surface area contributed by atoms with Crippen molar-refractivity contribution in [1.82, 2.24) is 0 Å². The second-order valence-corrected chi connectivity index (χ2v) is 12.3. The van der Waals surface area contributed by atoms with E-state index in [1.54, 1.807) is 73.7 Å². The number of azo groups is 2. The van der Waals surface area contributed by atoms with Crippen LogP contribution in [0.2, 0.25) is 0 Å². The first-order valence-corrected chi connectivity index (χ1v) is 16.2. The highest BCUT2D eigenvalue weighted by Crippen LogP contribution is 2.45. The molecule has 0 fully saturated rings. The van der Waals surface area contributed by atoms with E-state index in [1.807, 2.05) is 24.3 Å². The Bertz CT molecular complexity index is 2310. The van der Waals surface area contributed by atoms with Gasteiger partial charge in [0.05, 0.1) is 40.4 Å². The summed E-state index contributed by atoms with van der Waals surface area (Å²) in [5, 5.41) is 69.0. The van der Waals surface area contributed by atoms with Crippen LogP contribution in [0.1, 0.15) is 15.9 Å². The molecule has 6 rings (SSSR count). The molecule has 51 heavy (non-hydrogen) atoms. The van der Waals surface area contributed by atoms with Gasteiger partial charge in [-0.2, -0.15) is 10.2 Å². The van der Waals surface area contributed by atoms with E-state index in [-0.39, 0.29) is 33.7 Å². The highest BCUT2D eigenvalue weighted by Gasteiger charge is 2.17. The molecule has 15 nitrogen and oxygen atoms in total. The summed E-state index contributed by atoms with van der Waals surface area (Å²) in [5.41, 5.74) is 8.72. The zero-order chi connectivity index (χ0) is 35.9. The van der Waals surface area contributed by atoms with Gasteiger partial charge in [-0.05, 0) is 108 Å². The molecule has 0 bridgehead atoms. The highest BCUT2D eigenvalue weighted by molar-refractivity contribution is 7.94. The maximum absolute atomic E-state index is 12.7. The first-order chi connectivity index (χ1) is 24.7. The van der Waals surface area contributed by atoms with Crippen molar-refractivity contribution in [2.24, 2.45) is 20.5 Å². The molecular weight excluding hydrogens is 701 g/mol. The van der Waals surface area contributed by atoms with Crippen LogP contribution in [0.15, 0.2) is 127 Å². The Morgan fingerprint density at radius 2 is 1.45 bits per heavy atom. The third kappa shape index (κ3) is 8.40. The third-order valence-corrected chi connectivity index (χ3v) is 8.61. The fraction of sp³-hybridized carbons (Fsp3) is 0.0294. The second-order valence-electron chi connectivity index (χ2n) is 10.8. The summed E-state index contributed by atoms with van der Waals surface area (Å²) in [7, 11) is 0. The zero-order valence-corrected chi connectivity index (χ0v) is 27.9. The van der Waals surface area contributed by atoms with Crippen LogP contribution in [-0.2, 0) is 18.7 Å². The van der Waals surface area contributed by atoms with Gasteiger partial charge >= 0.3 is 0 Å². The molecule has 0 saturated heterocycles. The molecule has 258 valence electrons. The molecular formula is C34H26N6O9S2. The predicted molar refractivity (Wildman–Crippen MR) is 191 cm³/mol. The van der Waals surface area contributed by atoms with E-state index in [1.165, 1.54) is 6.07 Å². The number of benzene rings is 6. The largest absolute Gasteiger partial charge is 0.506 e. The number of anilines is 2. The van der Waals surface area contributed by atoms with Crippen LogP contribution in [0.5, 0.6) is 11.5 Å². The molecule has 0 saturated carbocycles. The summed E-state index contributed by atoms with van der Waals surface area (Å²) < 4.78 is 9.11. The third-order valence-electron chi connectivity index (χ3n) is 7.42. The minimum atomic E-state index is -0.358. The van der Waals surface area contributed by atoms with Crippen LogP contribution >= 0.6 is 24.1 Å². The number of hydrogen-bond acceptors (Lipinski definition) is 16. The van der Waals surface area contributed by atoms with Crippen molar-refractivity contribution < 1.29 is 44.3 Å². The Kier molecular flexibility index (Phi) is 11.0. The molecule has 17 heteroatoms. The zero-order valence-electron chi connectivity index (χ0n) is 26.3. The maximum Gasteiger partial charge on any atom is 0.255 e. The Balaban J connectivity index is 1.23. The molecule has 0 spiro atoms. The number of nitrogens with one attached hydrogen (secondary N) is 1. The number of rotatable bonds is 12. The Morgan fingerprint density at radius 3 is 2.24 bits per heavy atom. The first-order valence-electron chi connectivity index (χ1n) is 14.7. The molecule has 0 aliphatic carbocycles. The van der Waals surface area contributed by atoms with E-state index in [9.17, 15) is 15.0 Å². The fourth-order valence-electron chi connectivity index (χ4n) is 4.93. The van der Waals surface area contributed by atoms with Gasteiger partial charge in [-0.15, -0.1) is 18.9 Å². The van der Waals surface area contributed by atoms with E-state index < -0.39 is 0 Å². The minimum absolute atomic E-state index is 0.0414. The second kappa shape index (κ2) is 15.9. The molecule has 6 aromatic rings. The number of phenolic OH excluding ortho intramolecular Hbond substituents is 2. The monoisotopic (exact) mass is 726 g/mol. The summed E-state index contributed by atoms with van der Waals surface area (Å²) in [6.45, 7) is 1.76. The first kappa shape index (κ1) is 35.2. The van der Waals surface area contributed by atoms with Gasteiger partial charge in [-0.3, -0.25) is 4.79 Å². The number of nitrogens with two attached hydrogens (primary N) is 1. The predicted octanol–water partition coefficient (Wildman–Crippen LogP) is 10.2. The molecule has 1 amide bonds. The lowest BCUT2D eigenvalue weighted by Gasteiger charge is -2.11. The van der Waals surface area contributed by atoms with Crippen LogP contribution in [0.25, 0.3) is 21.5 Å². The molecule has 0 radical (unpaired) electrons. The topological polar surface area (TPSA) is 222 Å². The van der Waals surface area contributed by atoms with Crippen LogP contribution in [0.4, 0.5) is 34.1 Å². The Morgan fingerprint density at radius 1 is 0.725 bits per heavy atom. The Labute approximate surface area is 297 Å². The van der Waals surface area contributed by atoms with Gasteiger partial charge in [-0.25, -0.2) is 10.5 Å². The summed E-state index contributed by atoms with van der Waals surface area (Å²) in [6, 6.07) is 26.8. The highest BCUT2D eigenvalue weighted by atomic mass is 32.2. The molecule has 7 N–H and O–H groups in total. The van der Waals surface area contributed by atoms with Gasteiger partial charge in [0.1, 0.15) is 17.1 Å². The van der Waals surface area contributed by atoms with Crippen LogP contribution < -0.4 is 11.1 Å². The number of nitrogen functional groups attached to an aromatic ring is 1. The molecule has 0 aliphatic heterocycles. The summed E-state index contributed by atoms with van der Waals surface area (Å²) in [6.07, 6.45) is 0. The summed E-state index contributed by atoms with van der Waals surface area (Å²) in [5.74, 6) is -0.887. The normalized spacial score (nSPS) is 11.7. The van der Waals surface area contributed by atoms with Crippen molar-refractivity contribution in [2.75, 3.05) is 11.1 Å². The number of fused-ring (bicyclic) bond motifs is 2. The molecule has 0 heterocycles. The quantitative estimate of drug-likeness (QED) is 0.0228. The number of amides is 1. The fourth-order valence-corrected chi connectivity index (χ4v) is 5.84. The lowest BCUT2D eigenvalue weighted by molar-refractivity contribution is -0.432. The molecule has 0 atom stereocenters. The van der Waals surface area contributed by atoms with Gasteiger partial charge in [0.2, 0.25) is 0 Å². The number of phenols is 2. The van der Waals surface area contributed by atoms with Gasteiger partial charge in [0, 0.05) is 33.3 Å². The van der Waals surface area contributed by atoms with Gasteiger partial charge in [-0.1, -0.05) is 22.2 Å². The van der Waals surface area contributed by atoms with E-state index in [0.717, 1.165) is 27.7 Å². The number of carbonyl (C=O) groups excluding carboxylic acids is 1. The maximum atomic E-state index is 12.7. The average Bonchev–Trinajstić information content (AvgIpc) is 3.13. The van der Waals surface area contributed by atoms with Crippen LogP contribution in [0, 0.1) is 6.92 Å². The van der Waals surface area contributed by atoms with Gasteiger partial charge in [0.15, 0.2) is 5.75 Å². The van der Waals surface area contributed by atoms with Crippen LogP contribution in [0.3, 0.4) is 0 Å². The molecule has 0 aromatic heterocycles. The SMILES string of the molecule is Cc1cc(N=Nc2c(SOOO)cc3cc(NC(=O)c4ccc(N)cc4)ccc3c2O)c(O)cc1N=Nc1ccc2cc(SOOO)ccc2c1. The van der Waals surface area contributed by atoms with Gasteiger partial charge in [0.25, 0.3) is 5.91 Å². The van der Waals surface area contributed by atoms with Crippen molar-refractivity contribution in [2.45, 2.75) is 16.7 Å². The molecule has 0 unspecified atom stereocenters. The number of hydrogen-bond donors (Lipinski definition) is 6. The van der Waals surface area contributed by atoms with E-state index in [0.29, 0.717) is 56.7 Å². The summed E-state index contributed by atoms with van der Waals surface area (Å²) >= 11 is 1.41. The van der Waals surface area contributed by atoms with E-state index in [2.05, 4.69) is 44.5 Å². The minimum Gasteiger partial charge on any atom is -0.506 e. The summed E-state index contributed by atoms with van der Waals surface area (Å²) in [4.78, 5) is 13.6. The van der Waals surface area contributed by atoms with Gasteiger partial charge < -0.3 is 21.3 Å². The molecule has 0 aliphatic rings. The van der Waals surface area contributed by atoms with Crippen molar-refractivity contribution >= 4 is 85.7 Å². The number of carbonyl (C=O) groups is 1. The van der Waals surface area contributed by atoms with Crippen LogP contribution in [-0.4, -0.2) is 26.6 Å². The number of nitrogens with zero attached hydrogens (tertiary/aromatic N) is 4. The number of aromatic hydroxyl groups is 2. The van der Waals surface area contributed by atoms with Crippen molar-refractivity contribution in [3.05, 3.63) is 108 Å².